The van der Waals surface area contributed by atoms with E-state index in [-0.39, 0.29) is 5.91 Å². The van der Waals surface area contributed by atoms with Gasteiger partial charge in [0.25, 0.3) is 5.91 Å². The number of aryl methyl sites for hydroxylation is 1. The van der Waals surface area contributed by atoms with Crippen molar-refractivity contribution in [3.05, 3.63) is 50.0 Å². The lowest BCUT2D eigenvalue weighted by Crippen LogP contribution is -2.14. The molecule has 0 saturated heterocycles. The Bertz CT molecular complexity index is 1020. The second-order valence-corrected chi connectivity index (χ2v) is 6.41. The number of rotatable bonds is 4. The van der Waals surface area contributed by atoms with E-state index < -0.39 is 5.76 Å². The van der Waals surface area contributed by atoms with Gasteiger partial charge in [0.2, 0.25) is 0 Å². The fraction of sp³-hybridized carbons (Fsp3) is 0.176. The van der Waals surface area contributed by atoms with Crippen molar-refractivity contribution in [2.24, 2.45) is 7.05 Å². The molecule has 0 bridgehead atoms. The summed E-state index contributed by atoms with van der Waals surface area (Å²) in [6, 6.07) is 8.39. The third kappa shape index (κ3) is 3.21. The van der Waals surface area contributed by atoms with Crippen LogP contribution in [-0.2, 0) is 7.05 Å². The highest BCUT2D eigenvalue weighted by Gasteiger charge is 2.16. The van der Waals surface area contributed by atoms with Gasteiger partial charge in [0.05, 0.1) is 25.3 Å². The zero-order valence-electron chi connectivity index (χ0n) is 13.8. The number of ether oxygens (including phenoxy) is 2. The van der Waals surface area contributed by atoms with Gasteiger partial charge in [0.15, 0.2) is 17.1 Å². The van der Waals surface area contributed by atoms with Crippen LogP contribution < -0.4 is 20.5 Å². The molecule has 2 aromatic carbocycles. The molecule has 130 valence electrons. The van der Waals surface area contributed by atoms with Crippen molar-refractivity contribution in [3.63, 3.8) is 0 Å². The summed E-state index contributed by atoms with van der Waals surface area (Å²) in [6.07, 6.45) is 0. The second-order valence-electron chi connectivity index (χ2n) is 5.25. The van der Waals surface area contributed by atoms with Crippen molar-refractivity contribution < 1.29 is 18.7 Å². The topological polar surface area (TPSA) is 82.7 Å². The molecule has 1 aromatic heterocycles. The summed E-state index contributed by atoms with van der Waals surface area (Å²) in [5, 5.41) is 2.80. The molecule has 0 radical (unpaired) electrons. The van der Waals surface area contributed by atoms with Gasteiger partial charge < -0.3 is 19.2 Å². The number of nitrogens with zero attached hydrogens (tertiary/aromatic N) is 1. The normalized spacial score (nSPS) is 10.7. The van der Waals surface area contributed by atoms with E-state index in [1.165, 1.54) is 18.8 Å². The van der Waals surface area contributed by atoms with E-state index in [1.807, 2.05) is 0 Å². The molecule has 0 spiro atoms. The summed E-state index contributed by atoms with van der Waals surface area (Å²) in [7, 11) is 4.67. The smallest absolute Gasteiger partial charge is 0.419 e. The average molecular weight is 454 g/mol. The molecule has 1 heterocycles. The molecule has 0 aliphatic heterocycles. The Kier molecular flexibility index (Phi) is 4.71. The number of carbonyl (C=O) groups is 1. The molecule has 0 fully saturated rings. The lowest BCUT2D eigenvalue weighted by Gasteiger charge is -2.12. The van der Waals surface area contributed by atoms with Crippen LogP contribution in [0.15, 0.2) is 39.5 Å². The summed E-state index contributed by atoms with van der Waals surface area (Å²) >= 11 is 2.06. The first-order valence-corrected chi connectivity index (χ1v) is 8.35. The van der Waals surface area contributed by atoms with Crippen LogP contribution in [0.2, 0.25) is 0 Å². The predicted octanol–water partition coefficient (Wildman–Crippen LogP) is 3.01. The maximum atomic E-state index is 12.6. The maximum absolute atomic E-state index is 12.6. The monoisotopic (exact) mass is 454 g/mol. The summed E-state index contributed by atoms with van der Waals surface area (Å²) in [5.41, 5.74) is 2.04. The Hall–Kier alpha value is -2.49. The quantitative estimate of drug-likeness (QED) is 0.614. The van der Waals surface area contributed by atoms with Gasteiger partial charge in [0, 0.05) is 22.4 Å². The van der Waals surface area contributed by atoms with E-state index in [9.17, 15) is 9.59 Å². The molecule has 0 atom stereocenters. The van der Waals surface area contributed by atoms with Gasteiger partial charge in [-0.2, -0.15) is 0 Å². The van der Waals surface area contributed by atoms with E-state index >= 15 is 0 Å². The van der Waals surface area contributed by atoms with Crippen LogP contribution in [0.1, 0.15) is 10.4 Å². The number of anilines is 1. The maximum Gasteiger partial charge on any atom is 0.419 e. The van der Waals surface area contributed by atoms with Crippen molar-refractivity contribution in [1.82, 2.24) is 4.57 Å². The Morgan fingerprint density at radius 1 is 1.16 bits per heavy atom. The minimum absolute atomic E-state index is 0.303. The van der Waals surface area contributed by atoms with Crippen molar-refractivity contribution in [3.8, 4) is 11.5 Å². The molecule has 3 aromatic rings. The first kappa shape index (κ1) is 17.3. The van der Waals surface area contributed by atoms with Crippen LogP contribution >= 0.6 is 22.6 Å². The third-order valence-electron chi connectivity index (χ3n) is 3.77. The number of aromatic nitrogens is 1. The van der Waals surface area contributed by atoms with Crippen LogP contribution in [0.5, 0.6) is 11.5 Å². The van der Waals surface area contributed by atoms with Crippen LogP contribution in [-0.4, -0.2) is 24.7 Å². The molecule has 3 rings (SSSR count). The highest BCUT2D eigenvalue weighted by molar-refractivity contribution is 14.1. The van der Waals surface area contributed by atoms with Gasteiger partial charge in [-0.25, -0.2) is 4.79 Å². The lowest BCUT2D eigenvalue weighted by atomic mass is 10.1. The fourth-order valence-electron chi connectivity index (χ4n) is 2.44. The zero-order chi connectivity index (χ0) is 18.1. The van der Waals surface area contributed by atoms with Gasteiger partial charge in [0.1, 0.15) is 0 Å². The van der Waals surface area contributed by atoms with E-state index in [4.69, 9.17) is 13.9 Å². The minimum Gasteiger partial charge on any atom is -0.493 e. The molecule has 8 heteroatoms. The van der Waals surface area contributed by atoms with Gasteiger partial charge in [-0.15, -0.1) is 0 Å². The van der Waals surface area contributed by atoms with Gasteiger partial charge >= 0.3 is 5.76 Å². The zero-order valence-corrected chi connectivity index (χ0v) is 15.9. The van der Waals surface area contributed by atoms with Crippen LogP contribution in [0, 0.1) is 3.57 Å². The third-order valence-corrected chi connectivity index (χ3v) is 4.66. The second kappa shape index (κ2) is 6.79. The van der Waals surface area contributed by atoms with Crippen LogP contribution in [0.3, 0.4) is 0 Å². The largest absolute Gasteiger partial charge is 0.493 e. The van der Waals surface area contributed by atoms with Crippen molar-refractivity contribution in [1.29, 1.82) is 0 Å². The van der Waals surface area contributed by atoms with E-state index in [2.05, 4.69) is 27.9 Å². The van der Waals surface area contributed by atoms with Crippen LogP contribution in [0.4, 0.5) is 5.69 Å². The summed E-state index contributed by atoms with van der Waals surface area (Å²) < 4.78 is 17.7. The van der Waals surface area contributed by atoms with Crippen molar-refractivity contribution >= 4 is 45.3 Å². The van der Waals surface area contributed by atoms with E-state index in [0.717, 1.165) is 3.57 Å². The molecule has 1 N–H and O–H groups in total. The Morgan fingerprint density at radius 2 is 1.84 bits per heavy atom. The number of amides is 1. The van der Waals surface area contributed by atoms with Gasteiger partial charge in [-0.1, -0.05) is 0 Å². The number of methoxy groups -OCH3 is 2. The summed E-state index contributed by atoms with van der Waals surface area (Å²) in [4.78, 5) is 24.2. The fourth-order valence-corrected chi connectivity index (χ4v) is 3.12. The molecular weight excluding hydrogens is 439 g/mol. The number of hydrogen-bond donors (Lipinski definition) is 1. The predicted molar refractivity (Wildman–Crippen MR) is 102 cm³/mol. The van der Waals surface area contributed by atoms with Gasteiger partial charge in [-0.3, -0.25) is 9.36 Å². The standard InChI is InChI=1S/C17H15IN2O5/c1-20-12-5-4-9(6-13(12)25-17(20)22)19-16(21)10-7-14(23-2)15(24-3)8-11(10)18/h4-8H,1-3H3,(H,19,21). The number of halogens is 1. The Morgan fingerprint density at radius 3 is 2.52 bits per heavy atom. The average Bonchev–Trinajstić information content (AvgIpc) is 2.88. The van der Waals surface area contributed by atoms with Crippen molar-refractivity contribution in [2.75, 3.05) is 19.5 Å². The van der Waals surface area contributed by atoms with Gasteiger partial charge in [-0.05, 0) is 46.9 Å². The van der Waals surface area contributed by atoms with Crippen LogP contribution in [0.25, 0.3) is 11.1 Å². The highest BCUT2D eigenvalue weighted by atomic mass is 127. The number of oxazole rings is 1. The number of nitrogens with one attached hydrogen (secondary N) is 1. The first-order valence-electron chi connectivity index (χ1n) is 7.27. The molecule has 7 nitrogen and oxygen atoms in total. The molecule has 1 amide bonds. The first-order chi connectivity index (χ1) is 11.9. The SMILES string of the molecule is COc1cc(I)c(C(=O)Nc2ccc3c(c2)oc(=O)n3C)cc1OC. The molecule has 25 heavy (non-hydrogen) atoms. The number of benzene rings is 2. The summed E-state index contributed by atoms with van der Waals surface area (Å²) in [5.74, 6) is 0.268. The summed E-state index contributed by atoms with van der Waals surface area (Å²) in [6.45, 7) is 0. The Balaban J connectivity index is 1.93. The number of carbonyl (C=O) groups excluding carboxylic acids is 1. The molecule has 0 unspecified atom stereocenters. The molecule has 0 aliphatic rings. The molecule has 0 aliphatic carbocycles. The Labute approximate surface area is 156 Å². The number of fused-ring (bicyclic) bond motifs is 1. The van der Waals surface area contributed by atoms with E-state index in [0.29, 0.717) is 33.8 Å². The lowest BCUT2D eigenvalue weighted by molar-refractivity contribution is 0.102. The van der Waals surface area contributed by atoms with E-state index in [1.54, 1.807) is 37.4 Å². The molecule has 0 saturated carbocycles. The number of hydrogen-bond acceptors (Lipinski definition) is 5. The highest BCUT2D eigenvalue weighted by Crippen LogP contribution is 2.31. The molecular formula is C17H15IN2O5. The minimum atomic E-state index is -0.451. The van der Waals surface area contributed by atoms with Crippen molar-refractivity contribution in [2.45, 2.75) is 0 Å².